The number of hydrogen-bond acceptors (Lipinski definition) is 5. The van der Waals surface area contributed by atoms with E-state index in [1.165, 1.54) is 0 Å². The van der Waals surface area contributed by atoms with Crippen molar-refractivity contribution in [1.29, 1.82) is 0 Å². The topological polar surface area (TPSA) is 92.9 Å². The molecule has 2 rings (SSSR count). The largest absolute Gasteiger partial charge is 0.480 e. The standard InChI is InChI=1S/C9H14N2O4/c10-9(8(13)14)2-3-11(5-9)6-1-4-15-7(6)12/h6H,1-5,10H2,(H,13,14). The fraction of sp³-hybridized carbons (Fsp3) is 0.778. The van der Waals surface area contributed by atoms with Gasteiger partial charge in [0.05, 0.1) is 6.61 Å². The number of aliphatic carboxylic acids is 1. The van der Waals surface area contributed by atoms with Crippen LogP contribution >= 0.6 is 0 Å². The van der Waals surface area contributed by atoms with Gasteiger partial charge in [-0.2, -0.15) is 0 Å². The van der Waals surface area contributed by atoms with Gasteiger partial charge in [0.2, 0.25) is 0 Å². The van der Waals surface area contributed by atoms with Crippen molar-refractivity contribution in [2.24, 2.45) is 5.73 Å². The number of carboxylic acids is 1. The molecule has 2 heterocycles. The van der Waals surface area contributed by atoms with Crippen molar-refractivity contribution in [3.8, 4) is 0 Å². The molecule has 0 spiro atoms. The molecular formula is C9H14N2O4. The Bertz CT molecular complexity index is 306. The molecule has 2 aliphatic heterocycles. The monoisotopic (exact) mass is 214 g/mol. The number of nitrogens with zero attached hydrogens (tertiary/aromatic N) is 1. The van der Waals surface area contributed by atoms with Gasteiger partial charge < -0.3 is 15.6 Å². The Hall–Kier alpha value is -1.14. The third kappa shape index (κ3) is 1.70. The average molecular weight is 214 g/mol. The van der Waals surface area contributed by atoms with Crippen molar-refractivity contribution in [3.05, 3.63) is 0 Å². The summed E-state index contributed by atoms with van der Waals surface area (Å²) in [6, 6.07) is -0.297. The molecule has 0 amide bonds. The van der Waals surface area contributed by atoms with Crippen LogP contribution in [0.15, 0.2) is 0 Å². The van der Waals surface area contributed by atoms with Crippen molar-refractivity contribution >= 4 is 11.9 Å². The molecule has 84 valence electrons. The second-order valence-corrected chi connectivity index (χ2v) is 4.15. The van der Waals surface area contributed by atoms with Gasteiger partial charge in [0, 0.05) is 19.5 Å². The van der Waals surface area contributed by atoms with Gasteiger partial charge in [-0.05, 0) is 6.42 Å². The van der Waals surface area contributed by atoms with Crippen LogP contribution in [0.2, 0.25) is 0 Å². The van der Waals surface area contributed by atoms with Crippen molar-refractivity contribution in [2.75, 3.05) is 19.7 Å². The molecule has 0 bridgehead atoms. The SMILES string of the molecule is NC1(C(=O)O)CCN(C2CCOC2=O)C1. The number of cyclic esters (lactones) is 1. The van der Waals surface area contributed by atoms with Crippen LogP contribution in [0.1, 0.15) is 12.8 Å². The summed E-state index contributed by atoms with van der Waals surface area (Å²) in [5.41, 5.74) is 4.51. The smallest absolute Gasteiger partial charge is 0.325 e. The predicted molar refractivity (Wildman–Crippen MR) is 50.1 cm³/mol. The lowest BCUT2D eigenvalue weighted by Gasteiger charge is -2.22. The van der Waals surface area contributed by atoms with Crippen LogP contribution in [0.3, 0.4) is 0 Å². The molecule has 2 unspecified atom stereocenters. The minimum Gasteiger partial charge on any atom is -0.480 e. The zero-order chi connectivity index (χ0) is 11.1. The first-order chi connectivity index (χ1) is 7.03. The number of carbonyl (C=O) groups is 2. The van der Waals surface area contributed by atoms with E-state index in [0.29, 0.717) is 26.0 Å². The molecule has 0 saturated carbocycles. The summed E-state index contributed by atoms with van der Waals surface area (Å²) in [5, 5.41) is 8.93. The average Bonchev–Trinajstić information content (AvgIpc) is 2.73. The maximum atomic E-state index is 11.3. The summed E-state index contributed by atoms with van der Waals surface area (Å²) >= 11 is 0. The van der Waals surface area contributed by atoms with E-state index in [9.17, 15) is 9.59 Å². The summed E-state index contributed by atoms with van der Waals surface area (Å²) in [4.78, 5) is 24.0. The third-order valence-electron chi connectivity index (χ3n) is 3.10. The number of hydrogen-bond donors (Lipinski definition) is 2. The van der Waals surface area contributed by atoms with E-state index in [-0.39, 0.29) is 18.6 Å². The highest BCUT2D eigenvalue weighted by Gasteiger charge is 2.46. The molecule has 6 nitrogen and oxygen atoms in total. The summed E-state index contributed by atoms with van der Waals surface area (Å²) < 4.78 is 4.84. The molecule has 0 radical (unpaired) electrons. The van der Waals surface area contributed by atoms with E-state index in [0.717, 1.165) is 0 Å². The van der Waals surface area contributed by atoms with Gasteiger partial charge in [-0.15, -0.1) is 0 Å². The number of nitrogens with two attached hydrogens (primary N) is 1. The first-order valence-electron chi connectivity index (χ1n) is 4.96. The van der Waals surface area contributed by atoms with E-state index in [4.69, 9.17) is 15.6 Å². The maximum Gasteiger partial charge on any atom is 0.325 e. The van der Waals surface area contributed by atoms with Crippen LogP contribution in [0, 0.1) is 0 Å². The second kappa shape index (κ2) is 3.46. The van der Waals surface area contributed by atoms with Gasteiger partial charge in [0.1, 0.15) is 11.6 Å². The van der Waals surface area contributed by atoms with Gasteiger partial charge in [-0.3, -0.25) is 14.5 Å². The van der Waals surface area contributed by atoms with Crippen LogP contribution < -0.4 is 5.73 Å². The lowest BCUT2D eigenvalue weighted by Crippen LogP contribution is -2.51. The van der Waals surface area contributed by atoms with Gasteiger partial charge >= 0.3 is 11.9 Å². The van der Waals surface area contributed by atoms with Gasteiger partial charge in [0.15, 0.2) is 0 Å². The fourth-order valence-corrected chi connectivity index (χ4v) is 2.12. The quantitative estimate of drug-likeness (QED) is 0.560. The molecule has 15 heavy (non-hydrogen) atoms. The third-order valence-corrected chi connectivity index (χ3v) is 3.10. The van der Waals surface area contributed by atoms with Crippen molar-refractivity contribution in [1.82, 2.24) is 4.90 Å². The number of ether oxygens (including phenoxy) is 1. The minimum absolute atomic E-state index is 0.224. The second-order valence-electron chi connectivity index (χ2n) is 4.15. The van der Waals surface area contributed by atoms with E-state index < -0.39 is 11.5 Å². The molecule has 2 saturated heterocycles. The number of carbonyl (C=O) groups excluding carboxylic acids is 1. The molecule has 0 aliphatic carbocycles. The maximum absolute atomic E-state index is 11.3. The lowest BCUT2D eigenvalue weighted by molar-refractivity contribution is -0.145. The van der Waals surface area contributed by atoms with E-state index >= 15 is 0 Å². The first-order valence-corrected chi connectivity index (χ1v) is 4.96. The van der Waals surface area contributed by atoms with Gasteiger partial charge in [0.25, 0.3) is 0 Å². The molecule has 2 aliphatic rings. The highest BCUT2D eigenvalue weighted by atomic mass is 16.5. The van der Waals surface area contributed by atoms with E-state index in [2.05, 4.69) is 0 Å². The lowest BCUT2D eigenvalue weighted by atomic mass is 10.0. The Morgan fingerprint density at radius 1 is 1.67 bits per heavy atom. The number of carboxylic acid groups (broad SMARTS) is 1. The normalized spacial score (nSPS) is 36.9. The summed E-state index contributed by atoms with van der Waals surface area (Å²) in [7, 11) is 0. The van der Waals surface area contributed by atoms with Crippen LogP contribution in [0.5, 0.6) is 0 Å². The Morgan fingerprint density at radius 2 is 2.40 bits per heavy atom. The zero-order valence-electron chi connectivity index (χ0n) is 8.31. The summed E-state index contributed by atoms with van der Waals surface area (Å²) in [6.07, 6.45) is 1.01. The Balaban J connectivity index is 2.03. The Morgan fingerprint density at radius 3 is 2.87 bits per heavy atom. The molecule has 0 aromatic heterocycles. The Labute approximate surface area is 87.0 Å². The molecule has 3 N–H and O–H groups in total. The molecule has 0 aromatic carbocycles. The van der Waals surface area contributed by atoms with Crippen LogP contribution in [0.4, 0.5) is 0 Å². The van der Waals surface area contributed by atoms with Gasteiger partial charge in [-0.1, -0.05) is 0 Å². The summed E-state index contributed by atoms with van der Waals surface area (Å²) in [6.45, 7) is 1.19. The predicted octanol–water partition coefficient (Wildman–Crippen LogP) is -1.21. The van der Waals surface area contributed by atoms with Crippen molar-refractivity contribution in [3.63, 3.8) is 0 Å². The van der Waals surface area contributed by atoms with Crippen LogP contribution in [-0.2, 0) is 14.3 Å². The fourth-order valence-electron chi connectivity index (χ4n) is 2.12. The molecule has 2 atom stereocenters. The highest BCUT2D eigenvalue weighted by molar-refractivity contribution is 5.81. The molecular weight excluding hydrogens is 200 g/mol. The molecule has 0 aromatic rings. The number of rotatable bonds is 2. The highest BCUT2D eigenvalue weighted by Crippen LogP contribution is 2.24. The van der Waals surface area contributed by atoms with E-state index in [1.807, 2.05) is 4.90 Å². The Kier molecular flexibility index (Phi) is 2.40. The summed E-state index contributed by atoms with van der Waals surface area (Å²) in [5.74, 6) is -1.26. The number of likely N-dealkylation sites (tertiary alicyclic amines) is 1. The van der Waals surface area contributed by atoms with Gasteiger partial charge in [-0.25, -0.2) is 0 Å². The van der Waals surface area contributed by atoms with Crippen LogP contribution in [0.25, 0.3) is 0 Å². The van der Waals surface area contributed by atoms with Crippen molar-refractivity contribution in [2.45, 2.75) is 24.4 Å². The van der Waals surface area contributed by atoms with E-state index in [1.54, 1.807) is 0 Å². The van der Waals surface area contributed by atoms with Crippen LogP contribution in [-0.4, -0.2) is 53.2 Å². The minimum atomic E-state index is -1.21. The zero-order valence-corrected chi connectivity index (χ0v) is 8.31. The van der Waals surface area contributed by atoms with Crippen molar-refractivity contribution < 1.29 is 19.4 Å². The molecule has 6 heteroatoms. The first kappa shape index (κ1) is 10.4. The molecule has 2 fully saturated rings. The number of esters is 1.